The maximum absolute atomic E-state index is 11.2. The van der Waals surface area contributed by atoms with E-state index in [0.717, 1.165) is 24.5 Å². The van der Waals surface area contributed by atoms with E-state index < -0.39 is 5.91 Å². The highest BCUT2D eigenvalue weighted by Gasteiger charge is 2.26. The summed E-state index contributed by atoms with van der Waals surface area (Å²) < 4.78 is 3.98. The molecule has 2 rings (SSSR count). The number of carbonyl (C=O) groups excluding carboxylic acids is 1. The van der Waals surface area contributed by atoms with E-state index in [1.165, 1.54) is 11.5 Å². The number of nitrogens with two attached hydrogens (primary N) is 2. The molecule has 1 aliphatic heterocycles. The lowest BCUT2D eigenvalue weighted by Gasteiger charge is -2.16. The molecule has 2 heterocycles. The number of rotatable bonds is 2. The summed E-state index contributed by atoms with van der Waals surface area (Å²) in [6.45, 7) is 4.08. The van der Waals surface area contributed by atoms with Crippen LogP contribution >= 0.6 is 11.5 Å². The van der Waals surface area contributed by atoms with Gasteiger partial charge < -0.3 is 16.4 Å². The number of nitrogens with zero attached hydrogens (tertiary/aromatic N) is 2. The first kappa shape index (κ1) is 10.2. The molecule has 5 nitrogen and oxygen atoms in total. The van der Waals surface area contributed by atoms with E-state index in [-0.39, 0.29) is 5.82 Å². The Morgan fingerprint density at radius 2 is 2.40 bits per heavy atom. The van der Waals surface area contributed by atoms with E-state index in [0.29, 0.717) is 11.5 Å². The first-order valence-electron chi connectivity index (χ1n) is 4.89. The van der Waals surface area contributed by atoms with Gasteiger partial charge in [0.05, 0.1) is 0 Å². The fraction of sp³-hybridized carbons (Fsp3) is 0.556. The lowest BCUT2D eigenvalue weighted by atomic mass is 10.2. The summed E-state index contributed by atoms with van der Waals surface area (Å²) in [5.74, 6) is 0.409. The Morgan fingerprint density at radius 1 is 1.67 bits per heavy atom. The van der Waals surface area contributed by atoms with Crippen molar-refractivity contribution in [2.75, 3.05) is 23.7 Å². The Labute approximate surface area is 92.2 Å². The Hall–Kier alpha value is -1.30. The molecule has 1 aromatic heterocycles. The van der Waals surface area contributed by atoms with Crippen LogP contribution in [0.3, 0.4) is 0 Å². The number of hydrogen-bond acceptors (Lipinski definition) is 5. The molecule has 0 bridgehead atoms. The van der Waals surface area contributed by atoms with Crippen molar-refractivity contribution in [2.24, 2.45) is 11.7 Å². The largest absolute Gasteiger partial charge is 0.382 e. The Balaban J connectivity index is 2.32. The standard InChI is InChI=1S/C9H14N4OS/c1-5-2-3-13(4-5)9-6(8(11)14)7(10)12-15-9/h5H,2-4H2,1H3,(H2,10,12)(H2,11,14). The van der Waals surface area contributed by atoms with Gasteiger partial charge in [-0.25, -0.2) is 0 Å². The van der Waals surface area contributed by atoms with Crippen LogP contribution in [0.5, 0.6) is 0 Å². The number of primary amides is 1. The number of amides is 1. The Bertz CT molecular complexity index is 389. The van der Waals surface area contributed by atoms with Crippen LogP contribution < -0.4 is 16.4 Å². The highest BCUT2D eigenvalue weighted by atomic mass is 32.1. The summed E-state index contributed by atoms with van der Waals surface area (Å²) >= 11 is 1.25. The van der Waals surface area contributed by atoms with Crippen molar-refractivity contribution in [3.8, 4) is 0 Å². The molecule has 82 valence electrons. The molecule has 1 atom stereocenters. The van der Waals surface area contributed by atoms with Gasteiger partial charge in [-0.2, -0.15) is 4.37 Å². The number of nitrogen functional groups attached to an aromatic ring is 1. The van der Waals surface area contributed by atoms with Crippen LogP contribution in [-0.2, 0) is 0 Å². The monoisotopic (exact) mass is 226 g/mol. The number of carbonyl (C=O) groups is 1. The van der Waals surface area contributed by atoms with Crippen molar-refractivity contribution in [3.63, 3.8) is 0 Å². The molecule has 6 heteroatoms. The third kappa shape index (κ3) is 1.77. The fourth-order valence-electron chi connectivity index (χ4n) is 1.86. The predicted octanol–water partition coefficient (Wildman–Crippen LogP) is 0.670. The van der Waals surface area contributed by atoms with Crippen LogP contribution in [0.15, 0.2) is 0 Å². The van der Waals surface area contributed by atoms with E-state index in [1.54, 1.807) is 0 Å². The van der Waals surface area contributed by atoms with Crippen molar-refractivity contribution in [1.82, 2.24) is 4.37 Å². The molecule has 0 saturated carbocycles. The molecule has 0 aromatic carbocycles. The molecule has 1 fully saturated rings. The summed E-state index contributed by atoms with van der Waals surface area (Å²) in [7, 11) is 0. The van der Waals surface area contributed by atoms with Gasteiger partial charge in [0.25, 0.3) is 5.91 Å². The Morgan fingerprint density at radius 3 is 2.93 bits per heavy atom. The second-order valence-corrected chi connectivity index (χ2v) is 4.70. The first-order chi connectivity index (χ1) is 7.09. The summed E-state index contributed by atoms with van der Waals surface area (Å²) in [4.78, 5) is 13.4. The smallest absolute Gasteiger partial charge is 0.255 e. The second kappa shape index (κ2) is 3.69. The van der Waals surface area contributed by atoms with Gasteiger partial charge in [-0.05, 0) is 23.9 Å². The minimum atomic E-state index is -0.490. The highest BCUT2D eigenvalue weighted by Crippen LogP contribution is 2.33. The van der Waals surface area contributed by atoms with Gasteiger partial charge in [-0.3, -0.25) is 4.79 Å². The van der Waals surface area contributed by atoms with Gasteiger partial charge in [-0.1, -0.05) is 6.92 Å². The Kier molecular flexibility index (Phi) is 2.52. The number of aromatic nitrogens is 1. The van der Waals surface area contributed by atoms with Crippen LogP contribution in [0, 0.1) is 5.92 Å². The molecule has 4 N–H and O–H groups in total. The molecule has 1 aliphatic rings. The van der Waals surface area contributed by atoms with Crippen LogP contribution in [0.1, 0.15) is 23.7 Å². The summed E-state index contributed by atoms with van der Waals surface area (Å²) in [6.07, 6.45) is 1.13. The van der Waals surface area contributed by atoms with Crippen molar-refractivity contribution in [3.05, 3.63) is 5.56 Å². The van der Waals surface area contributed by atoms with Crippen molar-refractivity contribution in [1.29, 1.82) is 0 Å². The summed E-state index contributed by atoms with van der Waals surface area (Å²) in [5.41, 5.74) is 11.3. The van der Waals surface area contributed by atoms with Gasteiger partial charge in [0.2, 0.25) is 0 Å². The lowest BCUT2D eigenvalue weighted by molar-refractivity contribution is 0.100. The lowest BCUT2D eigenvalue weighted by Crippen LogP contribution is -2.22. The molecule has 1 amide bonds. The van der Waals surface area contributed by atoms with Gasteiger partial charge in [0.1, 0.15) is 10.6 Å². The topological polar surface area (TPSA) is 85.2 Å². The average Bonchev–Trinajstić information content (AvgIpc) is 2.71. The third-order valence-electron chi connectivity index (χ3n) is 2.66. The summed E-state index contributed by atoms with van der Waals surface area (Å²) in [5, 5.41) is 0.823. The molecule has 0 spiro atoms. The van der Waals surface area contributed by atoms with Crippen LogP contribution in [0.2, 0.25) is 0 Å². The van der Waals surface area contributed by atoms with Crippen LogP contribution in [0.25, 0.3) is 0 Å². The highest BCUT2D eigenvalue weighted by molar-refractivity contribution is 7.11. The SMILES string of the molecule is CC1CCN(c2snc(N)c2C(N)=O)C1. The quantitative estimate of drug-likeness (QED) is 0.776. The van der Waals surface area contributed by atoms with Crippen molar-refractivity contribution < 1.29 is 4.79 Å². The zero-order valence-electron chi connectivity index (χ0n) is 8.56. The van der Waals surface area contributed by atoms with E-state index in [4.69, 9.17) is 11.5 Å². The third-order valence-corrected chi connectivity index (χ3v) is 3.58. The maximum atomic E-state index is 11.2. The normalized spacial score (nSPS) is 20.9. The van der Waals surface area contributed by atoms with Gasteiger partial charge in [0.15, 0.2) is 5.82 Å². The van der Waals surface area contributed by atoms with Crippen molar-refractivity contribution >= 4 is 28.3 Å². The van der Waals surface area contributed by atoms with Gasteiger partial charge in [-0.15, -0.1) is 0 Å². The van der Waals surface area contributed by atoms with E-state index in [2.05, 4.69) is 16.2 Å². The van der Waals surface area contributed by atoms with E-state index in [1.807, 2.05) is 0 Å². The minimum Gasteiger partial charge on any atom is -0.382 e. The van der Waals surface area contributed by atoms with Gasteiger partial charge in [0, 0.05) is 13.1 Å². The van der Waals surface area contributed by atoms with Gasteiger partial charge >= 0.3 is 0 Å². The van der Waals surface area contributed by atoms with Crippen LogP contribution in [-0.4, -0.2) is 23.4 Å². The molecular weight excluding hydrogens is 212 g/mol. The van der Waals surface area contributed by atoms with Crippen molar-refractivity contribution in [2.45, 2.75) is 13.3 Å². The maximum Gasteiger partial charge on any atom is 0.255 e. The molecule has 15 heavy (non-hydrogen) atoms. The van der Waals surface area contributed by atoms with Crippen LogP contribution in [0.4, 0.5) is 10.8 Å². The number of hydrogen-bond donors (Lipinski definition) is 2. The zero-order chi connectivity index (χ0) is 11.0. The molecule has 0 radical (unpaired) electrons. The minimum absolute atomic E-state index is 0.252. The molecular formula is C9H14N4OS. The molecule has 0 aliphatic carbocycles. The second-order valence-electron chi connectivity index (χ2n) is 3.95. The molecule has 1 unspecified atom stereocenters. The summed E-state index contributed by atoms with van der Waals surface area (Å²) in [6, 6.07) is 0. The van der Waals surface area contributed by atoms with E-state index >= 15 is 0 Å². The zero-order valence-corrected chi connectivity index (χ0v) is 9.38. The van der Waals surface area contributed by atoms with E-state index in [9.17, 15) is 4.79 Å². The predicted molar refractivity (Wildman–Crippen MR) is 61.0 cm³/mol. The average molecular weight is 226 g/mol. The fourth-order valence-corrected chi connectivity index (χ4v) is 2.71. The first-order valence-corrected chi connectivity index (χ1v) is 5.67. The number of anilines is 2. The molecule has 1 aromatic rings. The molecule has 1 saturated heterocycles.